The zero-order valence-corrected chi connectivity index (χ0v) is 10.9. The van der Waals surface area contributed by atoms with Gasteiger partial charge in [0.15, 0.2) is 0 Å². The molecule has 0 aromatic rings. The summed E-state index contributed by atoms with van der Waals surface area (Å²) in [7, 11) is 3.54. The lowest BCUT2D eigenvalue weighted by molar-refractivity contribution is -0.129. The molecule has 0 bridgehead atoms. The van der Waals surface area contributed by atoms with Gasteiger partial charge in [0.25, 0.3) is 0 Å². The van der Waals surface area contributed by atoms with Crippen molar-refractivity contribution in [2.24, 2.45) is 0 Å². The summed E-state index contributed by atoms with van der Waals surface area (Å²) in [5.74, 6) is 0.188. The number of methoxy groups -OCH3 is 1. The fourth-order valence-electron chi connectivity index (χ4n) is 1.53. The van der Waals surface area contributed by atoms with Crippen LogP contribution in [0.25, 0.3) is 0 Å². The van der Waals surface area contributed by atoms with Crippen LogP contribution in [0.1, 0.15) is 19.3 Å². The Morgan fingerprint density at radius 2 is 2.12 bits per heavy atom. The first-order valence-corrected chi connectivity index (χ1v) is 6.28. The molecule has 1 N–H and O–H groups in total. The lowest BCUT2D eigenvalue weighted by Gasteiger charge is -2.16. The Balaban J connectivity index is 1.84. The van der Waals surface area contributed by atoms with Gasteiger partial charge in [-0.15, -0.1) is 0 Å². The van der Waals surface area contributed by atoms with Gasteiger partial charge in [0.2, 0.25) is 5.91 Å². The second kappa shape index (κ2) is 8.44. The molecule has 1 amide bonds. The molecule has 0 heterocycles. The van der Waals surface area contributed by atoms with Gasteiger partial charge in [-0.3, -0.25) is 4.79 Å². The van der Waals surface area contributed by atoms with Crippen molar-refractivity contribution < 1.29 is 14.3 Å². The average molecular weight is 244 g/mol. The number of rotatable bonds is 10. The second-order valence-corrected chi connectivity index (χ2v) is 4.37. The normalized spacial score (nSPS) is 14.9. The van der Waals surface area contributed by atoms with E-state index in [9.17, 15) is 4.79 Å². The summed E-state index contributed by atoms with van der Waals surface area (Å²) < 4.78 is 10.2. The second-order valence-electron chi connectivity index (χ2n) is 4.37. The molecule has 5 heteroatoms. The molecule has 0 unspecified atom stereocenters. The lowest BCUT2D eigenvalue weighted by atomic mass is 10.4. The van der Waals surface area contributed by atoms with E-state index in [-0.39, 0.29) is 5.91 Å². The average Bonchev–Trinajstić information content (AvgIpc) is 3.15. The van der Waals surface area contributed by atoms with Crippen molar-refractivity contribution in [2.75, 3.05) is 47.1 Å². The minimum Gasteiger partial charge on any atom is -0.382 e. The molecule has 0 aliphatic heterocycles. The van der Waals surface area contributed by atoms with E-state index in [2.05, 4.69) is 5.32 Å². The summed E-state index contributed by atoms with van der Waals surface area (Å²) in [6.07, 6.45) is 3.25. The number of carbonyl (C=O) groups excluding carboxylic acids is 1. The summed E-state index contributed by atoms with van der Waals surface area (Å²) in [6.45, 7) is 3.24. The predicted molar refractivity (Wildman–Crippen MR) is 66.0 cm³/mol. The molecular formula is C12H24N2O3. The molecule has 0 saturated heterocycles. The summed E-state index contributed by atoms with van der Waals surface area (Å²) in [6, 6.07) is 0.502. The van der Waals surface area contributed by atoms with Gasteiger partial charge >= 0.3 is 0 Å². The highest BCUT2D eigenvalue weighted by Gasteiger charge is 2.28. The smallest absolute Gasteiger partial charge is 0.236 e. The van der Waals surface area contributed by atoms with Crippen LogP contribution in [0, 0.1) is 0 Å². The highest BCUT2D eigenvalue weighted by atomic mass is 16.5. The van der Waals surface area contributed by atoms with Crippen LogP contribution in [0.4, 0.5) is 0 Å². The Labute approximate surface area is 103 Å². The minimum atomic E-state index is 0.188. The van der Waals surface area contributed by atoms with Crippen LogP contribution in [0.2, 0.25) is 0 Å². The standard InChI is InChI=1S/C12H24N2O3/c1-14(11-4-5-11)12(15)10-13-6-3-7-17-9-8-16-2/h11,13H,3-10H2,1-2H3. The molecule has 0 aromatic heterocycles. The van der Waals surface area contributed by atoms with E-state index in [4.69, 9.17) is 9.47 Å². The number of hydrogen-bond donors (Lipinski definition) is 1. The van der Waals surface area contributed by atoms with E-state index < -0.39 is 0 Å². The Morgan fingerprint density at radius 1 is 1.35 bits per heavy atom. The molecule has 1 fully saturated rings. The van der Waals surface area contributed by atoms with Gasteiger partial charge in [0, 0.05) is 26.8 Å². The molecule has 0 radical (unpaired) electrons. The van der Waals surface area contributed by atoms with Crippen LogP contribution in [0.15, 0.2) is 0 Å². The van der Waals surface area contributed by atoms with E-state index in [1.165, 1.54) is 0 Å². The lowest BCUT2D eigenvalue weighted by Crippen LogP contribution is -2.37. The third kappa shape index (κ3) is 6.61. The van der Waals surface area contributed by atoms with E-state index in [1.807, 2.05) is 11.9 Å². The van der Waals surface area contributed by atoms with Gasteiger partial charge < -0.3 is 19.7 Å². The third-order valence-electron chi connectivity index (χ3n) is 2.84. The SMILES string of the molecule is COCCOCCCNCC(=O)N(C)C1CC1. The van der Waals surface area contributed by atoms with Gasteiger partial charge in [-0.1, -0.05) is 0 Å². The zero-order valence-electron chi connectivity index (χ0n) is 10.9. The third-order valence-corrected chi connectivity index (χ3v) is 2.84. The van der Waals surface area contributed by atoms with Crippen molar-refractivity contribution in [2.45, 2.75) is 25.3 Å². The maximum absolute atomic E-state index is 11.6. The zero-order chi connectivity index (χ0) is 12.5. The topological polar surface area (TPSA) is 50.8 Å². The summed E-state index contributed by atoms with van der Waals surface area (Å²) in [4.78, 5) is 13.5. The quantitative estimate of drug-likeness (QED) is 0.560. The molecule has 100 valence electrons. The molecule has 17 heavy (non-hydrogen) atoms. The maximum atomic E-state index is 11.6. The Hall–Kier alpha value is -0.650. The Kier molecular flexibility index (Phi) is 7.16. The van der Waals surface area contributed by atoms with Crippen LogP contribution in [0.3, 0.4) is 0 Å². The van der Waals surface area contributed by atoms with Gasteiger partial charge in [-0.25, -0.2) is 0 Å². The minimum absolute atomic E-state index is 0.188. The Bertz CT molecular complexity index is 220. The first-order chi connectivity index (χ1) is 8.25. The largest absolute Gasteiger partial charge is 0.382 e. The van der Waals surface area contributed by atoms with Crippen molar-refractivity contribution in [1.29, 1.82) is 0 Å². The molecule has 5 nitrogen and oxygen atoms in total. The van der Waals surface area contributed by atoms with Gasteiger partial charge in [-0.05, 0) is 25.8 Å². The van der Waals surface area contributed by atoms with Crippen molar-refractivity contribution in [3.8, 4) is 0 Å². The fraction of sp³-hybridized carbons (Fsp3) is 0.917. The van der Waals surface area contributed by atoms with Gasteiger partial charge in [-0.2, -0.15) is 0 Å². The number of nitrogens with zero attached hydrogens (tertiary/aromatic N) is 1. The number of ether oxygens (including phenoxy) is 2. The number of likely N-dealkylation sites (N-methyl/N-ethyl adjacent to an activating group) is 1. The number of carbonyl (C=O) groups is 1. The highest BCUT2D eigenvalue weighted by molar-refractivity contribution is 5.78. The summed E-state index contributed by atoms with van der Waals surface area (Å²) in [5.41, 5.74) is 0. The number of amides is 1. The van der Waals surface area contributed by atoms with Crippen LogP contribution >= 0.6 is 0 Å². The first kappa shape index (κ1) is 14.4. The van der Waals surface area contributed by atoms with E-state index in [0.717, 1.165) is 25.8 Å². The number of hydrogen-bond acceptors (Lipinski definition) is 4. The van der Waals surface area contributed by atoms with Crippen molar-refractivity contribution in [1.82, 2.24) is 10.2 Å². The molecule has 0 spiro atoms. The molecule has 1 saturated carbocycles. The maximum Gasteiger partial charge on any atom is 0.236 e. The molecule has 1 rings (SSSR count). The molecule has 0 atom stereocenters. The molecule has 1 aliphatic rings. The van der Waals surface area contributed by atoms with E-state index in [1.54, 1.807) is 7.11 Å². The first-order valence-electron chi connectivity index (χ1n) is 6.28. The monoisotopic (exact) mass is 244 g/mol. The van der Waals surface area contributed by atoms with Gasteiger partial charge in [0.1, 0.15) is 0 Å². The van der Waals surface area contributed by atoms with Crippen LogP contribution < -0.4 is 5.32 Å². The highest BCUT2D eigenvalue weighted by Crippen LogP contribution is 2.24. The molecule has 0 aromatic carbocycles. The van der Waals surface area contributed by atoms with Crippen molar-refractivity contribution in [3.63, 3.8) is 0 Å². The van der Waals surface area contributed by atoms with Crippen molar-refractivity contribution in [3.05, 3.63) is 0 Å². The van der Waals surface area contributed by atoms with E-state index in [0.29, 0.717) is 32.4 Å². The predicted octanol–water partition coefficient (Wildman–Crippen LogP) is 0.250. The number of nitrogens with one attached hydrogen (secondary N) is 1. The van der Waals surface area contributed by atoms with E-state index >= 15 is 0 Å². The Morgan fingerprint density at radius 3 is 2.76 bits per heavy atom. The summed E-state index contributed by atoms with van der Waals surface area (Å²) in [5, 5.41) is 3.14. The van der Waals surface area contributed by atoms with Crippen LogP contribution in [-0.2, 0) is 14.3 Å². The molecule has 1 aliphatic carbocycles. The summed E-state index contributed by atoms with van der Waals surface area (Å²) >= 11 is 0. The van der Waals surface area contributed by atoms with Crippen LogP contribution in [-0.4, -0.2) is 63.9 Å². The fourth-order valence-corrected chi connectivity index (χ4v) is 1.53. The van der Waals surface area contributed by atoms with Crippen LogP contribution in [0.5, 0.6) is 0 Å². The molecular weight excluding hydrogens is 220 g/mol. The van der Waals surface area contributed by atoms with Crippen molar-refractivity contribution >= 4 is 5.91 Å². The van der Waals surface area contributed by atoms with Gasteiger partial charge in [0.05, 0.1) is 19.8 Å².